The lowest BCUT2D eigenvalue weighted by Gasteiger charge is -2.38. The SMILES string of the molecule is CCOC(=O)C1=C(CN2CCN(c3cccc(OC)c3)CC2)NC(=O)N[C@@H]1c1ccccc1Cl. The summed E-state index contributed by atoms with van der Waals surface area (Å²) in [6.07, 6.45) is 0. The molecule has 8 nitrogen and oxygen atoms in total. The summed E-state index contributed by atoms with van der Waals surface area (Å²) in [5.74, 6) is 0.358. The molecule has 2 aliphatic heterocycles. The van der Waals surface area contributed by atoms with Gasteiger partial charge in [0.1, 0.15) is 5.75 Å². The number of amides is 2. The third-order valence-electron chi connectivity index (χ3n) is 6.04. The van der Waals surface area contributed by atoms with Crippen molar-refractivity contribution < 1.29 is 19.1 Å². The number of carbonyl (C=O) groups excluding carboxylic acids is 2. The lowest BCUT2D eigenvalue weighted by molar-refractivity contribution is -0.139. The summed E-state index contributed by atoms with van der Waals surface area (Å²) >= 11 is 6.42. The number of nitrogens with one attached hydrogen (secondary N) is 2. The summed E-state index contributed by atoms with van der Waals surface area (Å²) in [5, 5.41) is 6.16. The third-order valence-corrected chi connectivity index (χ3v) is 6.38. The Hall–Kier alpha value is -3.23. The van der Waals surface area contributed by atoms with Gasteiger partial charge in [-0.15, -0.1) is 0 Å². The molecule has 34 heavy (non-hydrogen) atoms. The van der Waals surface area contributed by atoms with Crippen molar-refractivity contribution in [1.29, 1.82) is 0 Å². The molecule has 0 aliphatic carbocycles. The van der Waals surface area contributed by atoms with Gasteiger partial charge in [-0.2, -0.15) is 0 Å². The quantitative estimate of drug-likeness (QED) is 0.586. The number of esters is 1. The maximum absolute atomic E-state index is 13.0. The molecule has 1 atom stereocenters. The fraction of sp³-hybridized carbons (Fsp3) is 0.360. The van der Waals surface area contributed by atoms with Crippen LogP contribution in [-0.2, 0) is 9.53 Å². The largest absolute Gasteiger partial charge is 0.497 e. The minimum atomic E-state index is -0.686. The minimum absolute atomic E-state index is 0.234. The highest BCUT2D eigenvalue weighted by Crippen LogP contribution is 2.32. The second-order valence-corrected chi connectivity index (χ2v) is 8.54. The number of nitrogens with zero attached hydrogens (tertiary/aromatic N) is 2. The van der Waals surface area contributed by atoms with E-state index in [2.05, 4.69) is 26.5 Å². The van der Waals surface area contributed by atoms with Crippen LogP contribution >= 0.6 is 11.6 Å². The van der Waals surface area contributed by atoms with Gasteiger partial charge in [-0.1, -0.05) is 35.9 Å². The normalized spacial score (nSPS) is 18.9. The van der Waals surface area contributed by atoms with E-state index in [0.29, 0.717) is 28.4 Å². The van der Waals surface area contributed by atoms with Crippen molar-refractivity contribution in [2.45, 2.75) is 13.0 Å². The Kier molecular flexibility index (Phi) is 7.59. The van der Waals surface area contributed by atoms with Crippen molar-refractivity contribution >= 4 is 29.3 Å². The maximum Gasteiger partial charge on any atom is 0.338 e. The first-order chi connectivity index (χ1) is 16.5. The van der Waals surface area contributed by atoms with Gasteiger partial charge in [-0.05, 0) is 30.7 Å². The Morgan fingerprint density at radius 2 is 1.88 bits per heavy atom. The van der Waals surface area contributed by atoms with E-state index in [-0.39, 0.29) is 12.6 Å². The van der Waals surface area contributed by atoms with Gasteiger partial charge in [0.2, 0.25) is 0 Å². The number of rotatable bonds is 7. The molecule has 180 valence electrons. The second-order valence-electron chi connectivity index (χ2n) is 8.13. The van der Waals surface area contributed by atoms with Crippen LogP contribution in [0.5, 0.6) is 5.75 Å². The van der Waals surface area contributed by atoms with Gasteiger partial charge < -0.3 is 25.0 Å². The third kappa shape index (κ3) is 5.29. The van der Waals surface area contributed by atoms with Crippen molar-refractivity contribution in [1.82, 2.24) is 15.5 Å². The van der Waals surface area contributed by atoms with E-state index in [1.807, 2.05) is 36.4 Å². The van der Waals surface area contributed by atoms with E-state index < -0.39 is 12.0 Å². The number of hydrogen-bond donors (Lipinski definition) is 2. The highest BCUT2D eigenvalue weighted by molar-refractivity contribution is 6.31. The lowest BCUT2D eigenvalue weighted by Crippen LogP contribution is -2.51. The molecule has 0 unspecified atom stereocenters. The van der Waals surface area contributed by atoms with E-state index in [0.717, 1.165) is 37.6 Å². The average molecular weight is 485 g/mol. The summed E-state index contributed by atoms with van der Waals surface area (Å²) in [4.78, 5) is 30.1. The van der Waals surface area contributed by atoms with Crippen LogP contribution < -0.4 is 20.3 Å². The van der Waals surface area contributed by atoms with Crippen molar-refractivity contribution in [3.63, 3.8) is 0 Å². The van der Waals surface area contributed by atoms with Crippen LogP contribution in [0.1, 0.15) is 18.5 Å². The van der Waals surface area contributed by atoms with E-state index in [1.165, 1.54) is 0 Å². The van der Waals surface area contributed by atoms with Gasteiger partial charge in [0.05, 0.1) is 25.3 Å². The van der Waals surface area contributed by atoms with Gasteiger partial charge in [0.25, 0.3) is 0 Å². The monoisotopic (exact) mass is 484 g/mol. The Morgan fingerprint density at radius 3 is 2.59 bits per heavy atom. The zero-order valence-electron chi connectivity index (χ0n) is 19.3. The van der Waals surface area contributed by atoms with Crippen molar-refractivity contribution in [3.05, 3.63) is 70.4 Å². The summed E-state index contributed by atoms with van der Waals surface area (Å²) in [6.45, 7) is 5.60. The molecule has 0 spiro atoms. The molecule has 2 aromatic carbocycles. The number of carbonyl (C=O) groups is 2. The fourth-order valence-electron chi connectivity index (χ4n) is 4.33. The summed E-state index contributed by atoms with van der Waals surface area (Å²) in [7, 11) is 1.66. The molecule has 2 aliphatic rings. The number of anilines is 1. The molecular weight excluding hydrogens is 456 g/mol. The van der Waals surface area contributed by atoms with E-state index in [4.69, 9.17) is 21.1 Å². The molecule has 2 N–H and O–H groups in total. The topological polar surface area (TPSA) is 83.1 Å². The second kappa shape index (κ2) is 10.8. The lowest BCUT2D eigenvalue weighted by atomic mass is 9.94. The Labute approximate surface area is 204 Å². The summed E-state index contributed by atoms with van der Waals surface area (Å²) < 4.78 is 10.7. The standard InChI is InChI=1S/C25H29ClN4O4/c1-3-34-24(31)22-21(27-25(32)28-23(22)19-9-4-5-10-20(19)26)16-29-11-13-30(14-12-29)17-7-6-8-18(15-17)33-2/h4-10,15,23H,3,11-14,16H2,1-2H3,(H2,27,28,32)/t23-/m1/s1. The molecule has 0 saturated carbocycles. The maximum atomic E-state index is 13.0. The number of urea groups is 1. The van der Waals surface area contributed by atoms with Crippen LogP contribution in [0.4, 0.5) is 10.5 Å². The van der Waals surface area contributed by atoms with Crippen LogP contribution in [0.25, 0.3) is 0 Å². The molecule has 9 heteroatoms. The van der Waals surface area contributed by atoms with Gasteiger partial charge in [-0.3, -0.25) is 4.90 Å². The van der Waals surface area contributed by atoms with E-state index >= 15 is 0 Å². The molecule has 2 aromatic rings. The predicted octanol–water partition coefficient (Wildman–Crippen LogP) is 3.34. The van der Waals surface area contributed by atoms with Crippen LogP contribution in [0.3, 0.4) is 0 Å². The molecular formula is C25H29ClN4O4. The molecule has 0 bridgehead atoms. The van der Waals surface area contributed by atoms with Gasteiger partial charge in [-0.25, -0.2) is 9.59 Å². The first-order valence-electron chi connectivity index (χ1n) is 11.3. The highest BCUT2D eigenvalue weighted by atomic mass is 35.5. The minimum Gasteiger partial charge on any atom is -0.497 e. The molecule has 1 fully saturated rings. The van der Waals surface area contributed by atoms with Crippen molar-refractivity contribution in [3.8, 4) is 5.75 Å². The molecule has 2 amide bonds. The van der Waals surface area contributed by atoms with Gasteiger partial charge in [0.15, 0.2) is 0 Å². The Morgan fingerprint density at radius 1 is 1.12 bits per heavy atom. The van der Waals surface area contributed by atoms with Crippen LogP contribution in [0.15, 0.2) is 59.8 Å². The molecule has 0 aromatic heterocycles. The average Bonchev–Trinajstić information content (AvgIpc) is 2.84. The first kappa shape index (κ1) is 23.9. The molecule has 0 radical (unpaired) electrons. The zero-order valence-corrected chi connectivity index (χ0v) is 20.1. The Balaban J connectivity index is 1.55. The number of methoxy groups -OCH3 is 1. The number of benzene rings is 2. The van der Waals surface area contributed by atoms with Crippen LogP contribution in [0.2, 0.25) is 5.02 Å². The van der Waals surface area contributed by atoms with E-state index in [1.54, 1.807) is 20.1 Å². The molecule has 4 rings (SSSR count). The van der Waals surface area contributed by atoms with Crippen molar-refractivity contribution in [2.24, 2.45) is 0 Å². The van der Waals surface area contributed by atoms with Crippen molar-refractivity contribution in [2.75, 3.05) is 51.3 Å². The number of halogens is 1. The fourth-order valence-corrected chi connectivity index (χ4v) is 4.57. The van der Waals surface area contributed by atoms with E-state index in [9.17, 15) is 9.59 Å². The first-order valence-corrected chi connectivity index (χ1v) is 11.7. The van der Waals surface area contributed by atoms with Crippen LogP contribution in [0, 0.1) is 0 Å². The predicted molar refractivity (Wildman–Crippen MR) is 131 cm³/mol. The highest BCUT2D eigenvalue weighted by Gasteiger charge is 2.35. The molecule has 2 heterocycles. The summed E-state index contributed by atoms with van der Waals surface area (Å²) in [5.41, 5.74) is 2.69. The van der Waals surface area contributed by atoms with Gasteiger partial charge in [0, 0.05) is 55.2 Å². The summed E-state index contributed by atoms with van der Waals surface area (Å²) in [6, 6.07) is 14.1. The number of hydrogen-bond acceptors (Lipinski definition) is 6. The van der Waals surface area contributed by atoms with Crippen LogP contribution in [-0.4, -0.2) is 63.3 Å². The zero-order chi connectivity index (χ0) is 24.1. The number of piperazine rings is 1. The molecule has 1 saturated heterocycles. The smallest absolute Gasteiger partial charge is 0.338 e. The van der Waals surface area contributed by atoms with Gasteiger partial charge >= 0.3 is 12.0 Å². The Bertz CT molecular complexity index is 1080. The number of ether oxygens (including phenoxy) is 2.